The van der Waals surface area contributed by atoms with Crippen LogP contribution >= 0.6 is 23.4 Å². The van der Waals surface area contributed by atoms with E-state index in [0.29, 0.717) is 5.02 Å². The molecule has 0 fully saturated rings. The van der Waals surface area contributed by atoms with Crippen LogP contribution in [-0.2, 0) is 4.79 Å². The molecule has 2 aliphatic heterocycles. The summed E-state index contributed by atoms with van der Waals surface area (Å²) in [6.45, 7) is 16.3. The van der Waals surface area contributed by atoms with Crippen LogP contribution < -0.4 is 5.32 Å². The van der Waals surface area contributed by atoms with E-state index in [2.05, 4.69) is 33.9 Å². The topological polar surface area (TPSA) is 72.2 Å². The van der Waals surface area contributed by atoms with Gasteiger partial charge in [0.2, 0.25) is 5.91 Å². The van der Waals surface area contributed by atoms with Crippen LogP contribution in [0.3, 0.4) is 0 Å². The molecular formula is C30H38ClN5OS. The first-order chi connectivity index (χ1) is 18.3. The Morgan fingerprint density at radius 2 is 1.58 bits per heavy atom. The zero-order valence-corrected chi connectivity index (χ0v) is 25.1. The number of rotatable bonds is 4. The molecule has 0 saturated carbocycles. The maximum Gasteiger partial charge on any atom is 0.227 e. The number of hydrogen-bond acceptors (Lipinski definition) is 5. The van der Waals surface area contributed by atoms with Crippen molar-refractivity contribution in [1.29, 1.82) is 0 Å². The van der Waals surface area contributed by atoms with E-state index in [0.717, 1.165) is 34.2 Å². The molecule has 0 bridgehead atoms. The number of allylic oxidation sites excluding steroid dienone is 2. The maximum absolute atomic E-state index is 13.1. The molecule has 0 radical (unpaired) electrons. The van der Waals surface area contributed by atoms with Gasteiger partial charge in [-0.2, -0.15) is 0 Å². The number of benzene rings is 2. The zero-order valence-electron chi connectivity index (χ0n) is 23.5. The number of anilines is 1. The van der Waals surface area contributed by atoms with Crippen molar-refractivity contribution in [1.82, 2.24) is 14.8 Å². The molecule has 8 heteroatoms. The lowest BCUT2D eigenvalue weighted by Crippen LogP contribution is -2.23. The number of thioether (sulfide) groups is 1. The first-order valence-electron chi connectivity index (χ1n) is 13.3. The molecule has 0 spiro atoms. The van der Waals surface area contributed by atoms with Crippen molar-refractivity contribution in [3.05, 3.63) is 86.8 Å². The molecular weight excluding hydrogens is 514 g/mol. The number of aromatic nitrogens is 3. The van der Waals surface area contributed by atoms with Gasteiger partial charge in [-0.3, -0.25) is 14.4 Å². The van der Waals surface area contributed by atoms with Crippen molar-refractivity contribution in [3.63, 3.8) is 0 Å². The maximum atomic E-state index is 13.1. The lowest BCUT2D eigenvalue weighted by atomic mass is 9.90. The predicted molar refractivity (Wildman–Crippen MR) is 161 cm³/mol. The average molecular weight is 552 g/mol. The van der Waals surface area contributed by atoms with E-state index in [1.807, 2.05) is 102 Å². The Balaban J connectivity index is 0.000000956. The Morgan fingerprint density at radius 1 is 0.947 bits per heavy atom. The molecule has 3 aromatic rings. The number of hydrogen-bond donors (Lipinski definition) is 1. The van der Waals surface area contributed by atoms with E-state index in [9.17, 15) is 4.79 Å². The third kappa shape index (κ3) is 6.21. The van der Waals surface area contributed by atoms with Gasteiger partial charge < -0.3 is 5.32 Å². The number of carbonyl (C=O) groups excluding carboxylic acids is 1. The molecule has 1 aromatic heterocycles. The van der Waals surface area contributed by atoms with Crippen LogP contribution in [-0.4, -0.2) is 26.4 Å². The monoisotopic (exact) mass is 551 g/mol. The summed E-state index contributed by atoms with van der Waals surface area (Å²) in [6, 6.07) is 15.1. The molecule has 5 rings (SSSR count). The molecule has 1 amide bonds. The minimum absolute atomic E-state index is 0.0598. The molecule has 6 nitrogen and oxygen atoms in total. The summed E-state index contributed by atoms with van der Waals surface area (Å²) in [5.41, 5.74) is 5.17. The second-order valence-corrected chi connectivity index (χ2v) is 10.6. The van der Waals surface area contributed by atoms with Gasteiger partial charge in [-0.05, 0) is 62.4 Å². The van der Waals surface area contributed by atoms with Crippen LogP contribution in [0.1, 0.15) is 82.2 Å². The van der Waals surface area contributed by atoms with Gasteiger partial charge in [0.25, 0.3) is 0 Å². The molecule has 2 aromatic carbocycles. The highest BCUT2D eigenvalue weighted by Crippen LogP contribution is 2.52. The van der Waals surface area contributed by atoms with Gasteiger partial charge in [-0.15, -0.1) is 22.0 Å². The molecule has 38 heavy (non-hydrogen) atoms. The Labute approximate surface area is 236 Å². The standard InChI is InChI=1S/C26H26ClN5OS.2C2H6/c1-14-5-11-20(12-6-14)28-22(33)13-21-25-31-30-17(4)32(25)26-23(15(2)16(3)34-26)24(29-21)18-7-9-19(27)10-8-18;2*1-2/h5-12,21,23,26H,13H2,1-4H3,(H,28,33);2*1-2H3. The third-order valence-electron chi connectivity index (χ3n) is 6.49. The lowest BCUT2D eigenvalue weighted by molar-refractivity contribution is -0.116. The van der Waals surface area contributed by atoms with E-state index >= 15 is 0 Å². The minimum Gasteiger partial charge on any atom is -0.326 e. The fourth-order valence-electron chi connectivity index (χ4n) is 4.59. The zero-order chi connectivity index (χ0) is 28.0. The second-order valence-electron chi connectivity index (χ2n) is 8.86. The summed E-state index contributed by atoms with van der Waals surface area (Å²) in [5.74, 6) is 1.51. The van der Waals surface area contributed by atoms with E-state index in [4.69, 9.17) is 16.6 Å². The Bertz CT molecular complexity index is 1310. The summed E-state index contributed by atoms with van der Waals surface area (Å²) in [6.07, 6.45) is 0.176. The van der Waals surface area contributed by atoms with Gasteiger partial charge in [0, 0.05) is 10.7 Å². The number of halogens is 1. The average Bonchev–Trinajstić information content (AvgIpc) is 3.40. The van der Waals surface area contributed by atoms with Crippen molar-refractivity contribution in [2.24, 2.45) is 10.9 Å². The van der Waals surface area contributed by atoms with Crippen LogP contribution in [0.4, 0.5) is 5.69 Å². The van der Waals surface area contributed by atoms with Gasteiger partial charge in [-0.25, -0.2) is 0 Å². The number of carbonyl (C=O) groups is 1. The summed E-state index contributed by atoms with van der Waals surface area (Å²) in [5, 5.41) is 12.6. The molecule has 0 saturated heterocycles. The molecule has 0 aliphatic carbocycles. The summed E-state index contributed by atoms with van der Waals surface area (Å²) in [7, 11) is 0. The fourth-order valence-corrected chi connectivity index (χ4v) is 6.22. The summed E-state index contributed by atoms with van der Waals surface area (Å²) in [4.78, 5) is 19.6. The number of aliphatic imine (C=N–C) groups is 1. The highest BCUT2D eigenvalue weighted by atomic mass is 35.5. The molecule has 202 valence electrons. The van der Waals surface area contributed by atoms with Crippen molar-refractivity contribution < 1.29 is 4.79 Å². The van der Waals surface area contributed by atoms with Gasteiger partial charge >= 0.3 is 0 Å². The predicted octanol–water partition coefficient (Wildman–Crippen LogP) is 8.33. The van der Waals surface area contributed by atoms with Gasteiger partial charge in [0.05, 0.1) is 23.4 Å². The van der Waals surface area contributed by atoms with E-state index in [1.54, 1.807) is 0 Å². The first kappa shape index (κ1) is 29.7. The van der Waals surface area contributed by atoms with Crippen LogP contribution in [0, 0.1) is 19.8 Å². The Hall–Kier alpha value is -2.90. The number of fused-ring (bicyclic) bond motifs is 3. The highest BCUT2D eigenvalue weighted by Gasteiger charge is 2.42. The smallest absolute Gasteiger partial charge is 0.227 e. The number of amides is 1. The summed E-state index contributed by atoms with van der Waals surface area (Å²) >= 11 is 7.99. The Morgan fingerprint density at radius 3 is 2.21 bits per heavy atom. The molecule has 1 N–H and O–H groups in total. The quantitative estimate of drug-likeness (QED) is 0.353. The van der Waals surface area contributed by atoms with Crippen molar-refractivity contribution in [2.75, 3.05) is 5.32 Å². The minimum atomic E-state index is -0.448. The van der Waals surface area contributed by atoms with Gasteiger partial charge in [0.1, 0.15) is 11.9 Å². The van der Waals surface area contributed by atoms with Crippen molar-refractivity contribution in [3.8, 4) is 0 Å². The van der Waals surface area contributed by atoms with Crippen molar-refractivity contribution in [2.45, 2.75) is 73.2 Å². The van der Waals surface area contributed by atoms with Crippen LogP contribution in [0.5, 0.6) is 0 Å². The highest BCUT2D eigenvalue weighted by molar-refractivity contribution is 8.03. The number of nitrogens with zero attached hydrogens (tertiary/aromatic N) is 4. The number of aryl methyl sites for hydroxylation is 2. The first-order valence-corrected chi connectivity index (χ1v) is 14.5. The Kier molecular flexibility index (Phi) is 10.3. The van der Waals surface area contributed by atoms with Crippen molar-refractivity contribution >= 4 is 40.7 Å². The number of nitrogens with one attached hydrogen (secondary N) is 1. The molecule has 3 unspecified atom stereocenters. The van der Waals surface area contributed by atoms with Gasteiger partial charge in [-0.1, -0.05) is 74.7 Å². The van der Waals surface area contributed by atoms with E-state index in [-0.39, 0.29) is 23.6 Å². The lowest BCUT2D eigenvalue weighted by Gasteiger charge is -2.23. The van der Waals surface area contributed by atoms with Crippen LogP contribution in [0.2, 0.25) is 5.02 Å². The van der Waals surface area contributed by atoms with Crippen LogP contribution in [0.25, 0.3) is 0 Å². The summed E-state index contributed by atoms with van der Waals surface area (Å²) < 4.78 is 2.17. The van der Waals surface area contributed by atoms with E-state index in [1.165, 1.54) is 10.5 Å². The molecule has 3 heterocycles. The van der Waals surface area contributed by atoms with E-state index < -0.39 is 6.04 Å². The normalized spacial score (nSPS) is 19.6. The van der Waals surface area contributed by atoms with Crippen LogP contribution in [0.15, 0.2) is 64.0 Å². The molecule has 2 aliphatic rings. The fraction of sp³-hybridized carbons (Fsp3) is 0.400. The largest absolute Gasteiger partial charge is 0.326 e. The van der Waals surface area contributed by atoms with Gasteiger partial charge in [0.15, 0.2) is 5.82 Å². The third-order valence-corrected chi connectivity index (χ3v) is 8.15. The molecule has 3 atom stereocenters. The second kappa shape index (κ2) is 13.3. The SMILES string of the molecule is CC.CC.CC1=C(C)C2C(c3ccc(Cl)cc3)=NC(CC(=O)Nc3ccc(C)cc3)c3nnc(C)n3C2S1.